The molecule has 0 aliphatic rings. The highest BCUT2D eigenvalue weighted by molar-refractivity contribution is 7.92. The third-order valence-corrected chi connectivity index (χ3v) is 6.77. The monoisotopic (exact) mass is 409 g/mol. The summed E-state index contributed by atoms with van der Waals surface area (Å²) in [5, 5.41) is 0.806. The molecule has 0 radical (unpaired) electrons. The van der Waals surface area contributed by atoms with Crippen molar-refractivity contribution in [2.75, 3.05) is 4.72 Å². The zero-order valence-corrected chi connectivity index (χ0v) is 17.4. The topological polar surface area (TPSA) is 72.0 Å². The third-order valence-electron chi connectivity index (χ3n) is 4.40. The Morgan fingerprint density at radius 2 is 1.71 bits per heavy atom. The Morgan fingerprint density at radius 1 is 0.964 bits per heavy atom. The quantitative estimate of drug-likeness (QED) is 0.510. The first-order chi connectivity index (χ1) is 13.3. The van der Waals surface area contributed by atoms with Crippen molar-refractivity contribution in [2.45, 2.75) is 25.7 Å². The molecule has 142 valence electrons. The number of nitrogens with one attached hydrogen (secondary N) is 1. The molecular weight excluding hydrogens is 390 g/mol. The van der Waals surface area contributed by atoms with Crippen LogP contribution < -0.4 is 4.72 Å². The van der Waals surface area contributed by atoms with Gasteiger partial charge in [-0.3, -0.25) is 4.72 Å². The van der Waals surface area contributed by atoms with Gasteiger partial charge in [0.1, 0.15) is 15.4 Å². The molecule has 0 unspecified atom stereocenters. The Hall–Kier alpha value is -2.77. The van der Waals surface area contributed by atoms with E-state index in [1.165, 1.54) is 11.3 Å². The first-order valence-electron chi connectivity index (χ1n) is 8.75. The molecule has 0 bridgehead atoms. The fourth-order valence-electron chi connectivity index (χ4n) is 3.05. The predicted octanol–water partition coefficient (Wildman–Crippen LogP) is 5.08. The fourth-order valence-corrected chi connectivity index (χ4v) is 5.26. The van der Waals surface area contributed by atoms with Crippen LogP contribution in [-0.2, 0) is 10.0 Å². The molecule has 4 aromatic rings. The van der Waals surface area contributed by atoms with Gasteiger partial charge in [-0.15, -0.1) is 0 Å². The number of pyridine rings is 1. The van der Waals surface area contributed by atoms with Crippen LogP contribution in [0.5, 0.6) is 0 Å². The van der Waals surface area contributed by atoms with Crippen molar-refractivity contribution in [3.63, 3.8) is 0 Å². The average Bonchev–Trinajstić information content (AvgIpc) is 3.07. The van der Waals surface area contributed by atoms with Crippen molar-refractivity contribution >= 4 is 37.4 Å². The van der Waals surface area contributed by atoms with Crippen molar-refractivity contribution < 1.29 is 8.42 Å². The SMILES string of the molecule is Cc1cc(C)cc(S(=O)(=O)Nc2cc(-c3nc4cccnc4s3)ccc2C)c1. The van der Waals surface area contributed by atoms with E-state index in [0.717, 1.165) is 37.6 Å². The van der Waals surface area contributed by atoms with E-state index in [2.05, 4.69) is 14.7 Å². The van der Waals surface area contributed by atoms with Crippen LogP contribution in [0.15, 0.2) is 59.6 Å². The number of sulfonamides is 1. The van der Waals surface area contributed by atoms with Crippen LogP contribution in [0.4, 0.5) is 5.69 Å². The second-order valence-electron chi connectivity index (χ2n) is 6.81. The fraction of sp³-hybridized carbons (Fsp3) is 0.143. The van der Waals surface area contributed by atoms with Crippen LogP contribution in [0.2, 0.25) is 0 Å². The lowest BCUT2D eigenvalue weighted by atomic mass is 10.1. The summed E-state index contributed by atoms with van der Waals surface area (Å²) >= 11 is 1.48. The van der Waals surface area contributed by atoms with Crippen LogP contribution >= 0.6 is 11.3 Å². The summed E-state index contributed by atoms with van der Waals surface area (Å²) in [7, 11) is -3.68. The van der Waals surface area contributed by atoms with Gasteiger partial charge in [-0.1, -0.05) is 29.5 Å². The molecule has 2 aromatic heterocycles. The van der Waals surface area contributed by atoms with E-state index in [1.54, 1.807) is 18.3 Å². The molecular formula is C21H19N3O2S2. The largest absolute Gasteiger partial charge is 0.279 e. The summed E-state index contributed by atoms with van der Waals surface area (Å²) in [5.74, 6) is 0. The van der Waals surface area contributed by atoms with E-state index in [-0.39, 0.29) is 4.90 Å². The standard InChI is InChI=1S/C21H19N3O2S2/c1-13-9-14(2)11-17(10-13)28(25,26)24-19-12-16(7-6-15(19)3)20-23-18-5-4-8-22-21(18)27-20/h4-12,24H,1-3H3. The lowest BCUT2D eigenvalue weighted by molar-refractivity contribution is 0.601. The maximum atomic E-state index is 12.9. The van der Waals surface area contributed by atoms with E-state index in [1.807, 2.05) is 57.2 Å². The molecule has 0 aliphatic carbocycles. The van der Waals surface area contributed by atoms with Crippen LogP contribution in [0.3, 0.4) is 0 Å². The van der Waals surface area contributed by atoms with Crippen LogP contribution in [0, 0.1) is 20.8 Å². The summed E-state index contributed by atoms with van der Waals surface area (Å²) in [5.41, 5.74) is 4.90. The predicted molar refractivity (Wildman–Crippen MR) is 114 cm³/mol. The number of rotatable bonds is 4. The zero-order valence-electron chi connectivity index (χ0n) is 15.7. The van der Waals surface area contributed by atoms with E-state index >= 15 is 0 Å². The maximum absolute atomic E-state index is 12.9. The van der Waals surface area contributed by atoms with Gasteiger partial charge < -0.3 is 0 Å². The first kappa shape index (κ1) is 18.6. The number of anilines is 1. The molecule has 0 aliphatic heterocycles. The van der Waals surface area contributed by atoms with Gasteiger partial charge in [0, 0.05) is 11.8 Å². The zero-order chi connectivity index (χ0) is 19.9. The van der Waals surface area contributed by atoms with E-state index < -0.39 is 10.0 Å². The van der Waals surface area contributed by atoms with Crippen LogP contribution in [-0.4, -0.2) is 18.4 Å². The molecule has 0 saturated heterocycles. The number of hydrogen-bond acceptors (Lipinski definition) is 5. The summed E-state index contributed by atoms with van der Waals surface area (Å²) in [6.45, 7) is 5.65. The number of aromatic nitrogens is 2. The van der Waals surface area contributed by atoms with Gasteiger partial charge in [-0.05, 0) is 67.8 Å². The van der Waals surface area contributed by atoms with Gasteiger partial charge in [-0.2, -0.15) is 0 Å². The van der Waals surface area contributed by atoms with Gasteiger partial charge in [-0.25, -0.2) is 18.4 Å². The second kappa shape index (κ2) is 7.00. The van der Waals surface area contributed by atoms with Crippen molar-refractivity contribution in [3.8, 4) is 10.6 Å². The minimum atomic E-state index is -3.68. The second-order valence-corrected chi connectivity index (χ2v) is 9.47. The minimum absolute atomic E-state index is 0.263. The third kappa shape index (κ3) is 3.63. The van der Waals surface area contributed by atoms with Crippen LogP contribution in [0.25, 0.3) is 20.9 Å². The molecule has 0 spiro atoms. The van der Waals surface area contributed by atoms with E-state index in [0.29, 0.717) is 5.69 Å². The molecule has 1 N–H and O–H groups in total. The molecule has 4 rings (SSSR count). The molecule has 0 saturated carbocycles. The number of fused-ring (bicyclic) bond motifs is 1. The lowest BCUT2D eigenvalue weighted by Crippen LogP contribution is -2.14. The summed E-state index contributed by atoms with van der Waals surface area (Å²) < 4.78 is 28.6. The molecule has 0 amide bonds. The highest BCUT2D eigenvalue weighted by atomic mass is 32.2. The molecule has 5 nitrogen and oxygen atoms in total. The highest BCUT2D eigenvalue weighted by Crippen LogP contribution is 2.32. The number of hydrogen-bond donors (Lipinski definition) is 1. The van der Waals surface area contributed by atoms with Crippen molar-refractivity contribution in [2.24, 2.45) is 0 Å². The smallest absolute Gasteiger partial charge is 0.261 e. The average molecular weight is 410 g/mol. The minimum Gasteiger partial charge on any atom is -0.279 e. The van der Waals surface area contributed by atoms with Gasteiger partial charge in [0.05, 0.1) is 10.6 Å². The lowest BCUT2D eigenvalue weighted by Gasteiger charge is -2.13. The Morgan fingerprint density at radius 3 is 2.43 bits per heavy atom. The van der Waals surface area contributed by atoms with E-state index in [9.17, 15) is 8.42 Å². The van der Waals surface area contributed by atoms with Crippen LogP contribution in [0.1, 0.15) is 16.7 Å². The van der Waals surface area contributed by atoms with E-state index in [4.69, 9.17) is 0 Å². The first-order valence-corrected chi connectivity index (χ1v) is 11.1. The van der Waals surface area contributed by atoms with Gasteiger partial charge >= 0.3 is 0 Å². The number of aryl methyl sites for hydroxylation is 3. The maximum Gasteiger partial charge on any atom is 0.261 e. The Bertz CT molecular complexity index is 1240. The summed E-state index contributed by atoms with van der Waals surface area (Å²) in [6, 6.07) is 14.7. The molecule has 2 heterocycles. The van der Waals surface area contributed by atoms with Crippen molar-refractivity contribution in [1.29, 1.82) is 0 Å². The number of nitrogens with zero attached hydrogens (tertiary/aromatic N) is 2. The Balaban J connectivity index is 1.73. The van der Waals surface area contributed by atoms with Gasteiger partial charge in [0.15, 0.2) is 0 Å². The normalized spacial score (nSPS) is 11.7. The van der Waals surface area contributed by atoms with Crippen molar-refractivity contribution in [3.05, 3.63) is 71.4 Å². The Kier molecular flexibility index (Phi) is 4.64. The molecule has 0 atom stereocenters. The summed E-state index contributed by atoms with van der Waals surface area (Å²) in [4.78, 5) is 10.1. The highest BCUT2D eigenvalue weighted by Gasteiger charge is 2.17. The van der Waals surface area contributed by atoms with Crippen molar-refractivity contribution in [1.82, 2.24) is 9.97 Å². The summed E-state index contributed by atoms with van der Waals surface area (Å²) in [6.07, 6.45) is 1.74. The Labute approximate surface area is 168 Å². The molecule has 2 aromatic carbocycles. The molecule has 28 heavy (non-hydrogen) atoms. The molecule has 7 heteroatoms. The van der Waals surface area contributed by atoms with Gasteiger partial charge in [0.2, 0.25) is 0 Å². The number of benzene rings is 2. The number of thiazole rings is 1. The molecule has 0 fully saturated rings. The van der Waals surface area contributed by atoms with Gasteiger partial charge in [0.25, 0.3) is 10.0 Å².